The van der Waals surface area contributed by atoms with E-state index in [4.69, 9.17) is 21.6 Å². The molecule has 7 heteroatoms. The van der Waals surface area contributed by atoms with E-state index in [1.165, 1.54) is 18.2 Å². The van der Waals surface area contributed by atoms with Gasteiger partial charge < -0.3 is 4.74 Å². The molecule has 1 aliphatic heterocycles. The van der Waals surface area contributed by atoms with Crippen LogP contribution in [0.25, 0.3) is 0 Å². The summed E-state index contributed by atoms with van der Waals surface area (Å²) in [6.45, 7) is 2.36. The standard InChI is InChI=1S/C12H13ClN2O3S/c1-8-11(4-5-18-8)15-19(16,17)12-3-2-9(7-14)6-10(12)13/h2-3,6,8,11,15H,4-5H2,1H3. The molecule has 0 aromatic heterocycles. The van der Waals surface area contributed by atoms with Crippen molar-refractivity contribution < 1.29 is 13.2 Å². The highest BCUT2D eigenvalue weighted by Crippen LogP contribution is 2.24. The maximum absolute atomic E-state index is 12.2. The minimum atomic E-state index is -3.70. The molecule has 19 heavy (non-hydrogen) atoms. The molecule has 0 aliphatic carbocycles. The van der Waals surface area contributed by atoms with E-state index in [0.29, 0.717) is 18.6 Å². The molecular formula is C12H13ClN2O3S. The quantitative estimate of drug-likeness (QED) is 0.921. The van der Waals surface area contributed by atoms with Gasteiger partial charge in [-0.15, -0.1) is 0 Å². The van der Waals surface area contributed by atoms with Gasteiger partial charge in [-0.1, -0.05) is 11.6 Å². The van der Waals surface area contributed by atoms with Gasteiger partial charge in [-0.25, -0.2) is 13.1 Å². The summed E-state index contributed by atoms with van der Waals surface area (Å²) >= 11 is 5.91. The van der Waals surface area contributed by atoms with Crippen LogP contribution in [0, 0.1) is 11.3 Å². The lowest BCUT2D eigenvalue weighted by Gasteiger charge is -2.16. The van der Waals surface area contributed by atoms with Crippen LogP contribution in [-0.2, 0) is 14.8 Å². The number of rotatable bonds is 3. The Morgan fingerprint density at radius 2 is 2.26 bits per heavy atom. The van der Waals surface area contributed by atoms with Gasteiger partial charge >= 0.3 is 0 Å². The third-order valence-electron chi connectivity index (χ3n) is 3.03. The molecule has 2 rings (SSSR count). The molecule has 1 saturated heterocycles. The van der Waals surface area contributed by atoms with Gasteiger partial charge in [-0.3, -0.25) is 0 Å². The van der Waals surface area contributed by atoms with Gasteiger partial charge in [0.1, 0.15) is 4.90 Å². The number of ether oxygens (including phenoxy) is 1. The van der Waals surface area contributed by atoms with E-state index in [1.807, 2.05) is 13.0 Å². The second kappa shape index (κ2) is 5.47. The molecular weight excluding hydrogens is 288 g/mol. The van der Waals surface area contributed by atoms with Gasteiger partial charge in [0.05, 0.1) is 28.8 Å². The number of benzene rings is 1. The van der Waals surface area contributed by atoms with Crippen molar-refractivity contribution in [2.24, 2.45) is 0 Å². The molecule has 1 aromatic rings. The molecule has 2 atom stereocenters. The van der Waals surface area contributed by atoms with Crippen LogP contribution in [0.4, 0.5) is 0 Å². The van der Waals surface area contributed by atoms with E-state index in [0.717, 1.165) is 0 Å². The average molecular weight is 301 g/mol. The van der Waals surface area contributed by atoms with Gasteiger partial charge in [0, 0.05) is 6.61 Å². The van der Waals surface area contributed by atoms with E-state index in [1.54, 1.807) is 0 Å². The number of nitrogens with zero attached hydrogens (tertiary/aromatic N) is 1. The van der Waals surface area contributed by atoms with Crippen molar-refractivity contribution in [3.05, 3.63) is 28.8 Å². The van der Waals surface area contributed by atoms with Crippen molar-refractivity contribution in [2.75, 3.05) is 6.61 Å². The van der Waals surface area contributed by atoms with Gasteiger partial charge in [0.15, 0.2) is 0 Å². The highest BCUT2D eigenvalue weighted by atomic mass is 35.5. The maximum Gasteiger partial charge on any atom is 0.242 e. The summed E-state index contributed by atoms with van der Waals surface area (Å²) in [5.74, 6) is 0. The first-order valence-electron chi connectivity index (χ1n) is 5.77. The molecule has 1 aliphatic rings. The van der Waals surface area contributed by atoms with E-state index in [2.05, 4.69) is 4.72 Å². The normalized spacial score (nSPS) is 23.2. The summed E-state index contributed by atoms with van der Waals surface area (Å²) in [6.07, 6.45) is 0.473. The fraction of sp³-hybridized carbons (Fsp3) is 0.417. The Morgan fingerprint density at radius 3 is 2.79 bits per heavy atom. The van der Waals surface area contributed by atoms with Crippen molar-refractivity contribution in [1.29, 1.82) is 5.26 Å². The van der Waals surface area contributed by atoms with Crippen LogP contribution in [0.15, 0.2) is 23.1 Å². The Kier molecular flexibility index (Phi) is 4.11. The largest absolute Gasteiger partial charge is 0.377 e. The van der Waals surface area contributed by atoms with E-state index in [-0.39, 0.29) is 22.1 Å². The van der Waals surface area contributed by atoms with Crippen molar-refractivity contribution in [1.82, 2.24) is 4.72 Å². The lowest BCUT2D eigenvalue weighted by molar-refractivity contribution is 0.117. The van der Waals surface area contributed by atoms with Crippen molar-refractivity contribution in [2.45, 2.75) is 30.4 Å². The summed E-state index contributed by atoms with van der Waals surface area (Å²) in [7, 11) is -3.70. The van der Waals surface area contributed by atoms with Gasteiger partial charge in [0.25, 0.3) is 0 Å². The smallest absolute Gasteiger partial charge is 0.242 e. The summed E-state index contributed by atoms with van der Waals surface area (Å²) in [5.41, 5.74) is 0.321. The molecule has 0 bridgehead atoms. The molecule has 2 unspecified atom stereocenters. The molecule has 1 N–H and O–H groups in total. The second-order valence-corrected chi connectivity index (χ2v) is 6.44. The molecule has 0 amide bonds. The highest BCUT2D eigenvalue weighted by Gasteiger charge is 2.30. The van der Waals surface area contributed by atoms with Gasteiger partial charge in [-0.2, -0.15) is 5.26 Å². The Labute approximate surface area is 117 Å². The maximum atomic E-state index is 12.2. The van der Waals surface area contributed by atoms with E-state index < -0.39 is 10.0 Å². The zero-order chi connectivity index (χ0) is 14.0. The molecule has 0 saturated carbocycles. The summed E-state index contributed by atoms with van der Waals surface area (Å²) in [6, 6.07) is 5.75. The first-order chi connectivity index (χ1) is 8.94. The van der Waals surface area contributed by atoms with E-state index >= 15 is 0 Å². The zero-order valence-corrected chi connectivity index (χ0v) is 11.8. The predicted octanol–water partition coefficient (Wildman–Crippen LogP) is 1.67. The van der Waals surface area contributed by atoms with Crippen LogP contribution in [-0.4, -0.2) is 27.2 Å². The number of halogens is 1. The molecule has 0 spiro atoms. The fourth-order valence-corrected chi connectivity index (χ4v) is 3.82. The molecule has 1 aromatic carbocycles. The van der Waals surface area contributed by atoms with E-state index in [9.17, 15) is 8.42 Å². The number of hydrogen-bond donors (Lipinski definition) is 1. The van der Waals surface area contributed by atoms with Gasteiger partial charge in [0.2, 0.25) is 10.0 Å². The lowest BCUT2D eigenvalue weighted by Crippen LogP contribution is -2.39. The van der Waals surface area contributed by atoms with Crippen LogP contribution < -0.4 is 4.72 Å². The first-order valence-corrected chi connectivity index (χ1v) is 7.64. The van der Waals surface area contributed by atoms with Crippen molar-refractivity contribution >= 4 is 21.6 Å². The monoisotopic (exact) mass is 300 g/mol. The lowest BCUT2D eigenvalue weighted by atomic mass is 10.2. The third-order valence-corrected chi connectivity index (χ3v) is 5.01. The topological polar surface area (TPSA) is 79.2 Å². The van der Waals surface area contributed by atoms with Crippen LogP contribution in [0.2, 0.25) is 5.02 Å². The number of nitriles is 1. The van der Waals surface area contributed by atoms with Crippen molar-refractivity contribution in [3.63, 3.8) is 0 Å². The average Bonchev–Trinajstić information content (AvgIpc) is 2.73. The summed E-state index contributed by atoms with van der Waals surface area (Å²) in [5, 5.41) is 8.77. The minimum Gasteiger partial charge on any atom is -0.377 e. The predicted molar refractivity (Wildman–Crippen MR) is 70.3 cm³/mol. The number of hydrogen-bond acceptors (Lipinski definition) is 4. The third kappa shape index (κ3) is 3.07. The number of nitrogens with one attached hydrogen (secondary N) is 1. The Bertz CT molecular complexity index is 624. The molecule has 1 fully saturated rings. The number of sulfonamides is 1. The van der Waals surface area contributed by atoms with Crippen LogP contribution in [0.1, 0.15) is 18.9 Å². The van der Waals surface area contributed by atoms with Crippen LogP contribution in [0.5, 0.6) is 0 Å². The summed E-state index contributed by atoms with van der Waals surface area (Å²) in [4.78, 5) is -0.0210. The fourth-order valence-electron chi connectivity index (χ4n) is 1.94. The summed E-state index contributed by atoms with van der Waals surface area (Å²) < 4.78 is 32.3. The first kappa shape index (κ1) is 14.3. The molecule has 0 radical (unpaired) electrons. The second-order valence-electron chi connectivity index (χ2n) is 4.35. The van der Waals surface area contributed by atoms with Gasteiger partial charge in [-0.05, 0) is 31.5 Å². The van der Waals surface area contributed by atoms with Crippen LogP contribution >= 0.6 is 11.6 Å². The zero-order valence-electron chi connectivity index (χ0n) is 10.3. The minimum absolute atomic E-state index is 0.0210. The Morgan fingerprint density at radius 1 is 1.53 bits per heavy atom. The molecule has 5 nitrogen and oxygen atoms in total. The molecule has 1 heterocycles. The van der Waals surface area contributed by atoms with Crippen molar-refractivity contribution in [3.8, 4) is 6.07 Å². The Hall–Kier alpha value is -1.13. The van der Waals surface area contributed by atoms with Crippen LogP contribution in [0.3, 0.4) is 0 Å². The molecule has 102 valence electrons. The Balaban J connectivity index is 2.27. The SMILES string of the molecule is CC1OCCC1NS(=O)(=O)c1ccc(C#N)cc1Cl. The highest BCUT2D eigenvalue weighted by molar-refractivity contribution is 7.89.